The number of thiophene rings is 1. The lowest BCUT2D eigenvalue weighted by molar-refractivity contribution is -0.142. The molecule has 0 unspecified atom stereocenters. The number of aryl methyl sites for hydroxylation is 1. The molecule has 1 N–H and O–H groups in total. The van der Waals surface area contributed by atoms with Gasteiger partial charge in [-0.2, -0.15) is 0 Å². The highest BCUT2D eigenvalue weighted by Crippen LogP contribution is 2.25. The zero-order valence-electron chi connectivity index (χ0n) is 11.5. The van der Waals surface area contributed by atoms with Gasteiger partial charge in [-0.3, -0.25) is 9.52 Å². The Morgan fingerprint density at radius 3 is 2.81 bits per heavy atom. The number of aromatic nitrogens is 1. The van der Waals surface area contributed by atoms with Crippen LogP contribution in [0.4, 0.5) is 5.13 Å². The average molecular weight is 346 g/mol. The van der Waals surface area contributed by atoms with E-state index in [1.165, 1.54) is 11.3 Å². The molecule has 0 bridgehead atoms. The van der Waals surface area contributed by atoms with Gasteiger partial charge < -0.3 is 4.74 Å². The highest BCUT2D eigenvalue weighted by Gasteiger charge is 2.18. The first kappa shape index (κ1) is 15.9. The molecule has 2 heterocycles. The molecule has 0 fully saturated rings. The maximum absolute atomic E-state index is 12.1. The quantitative estimate of drug-likeness (QED) is 0.812. The third-order valence-electron chi connectivity index (χ3n) is 2.38. The molecular formula is C12H14N2O4S3. The first-order valence-electron chi connectivity index (χ1n) is 6.10. The standard InChI is InChI=1S/C12H14N2O4S3/c1-3-18-10(15)6-9-7-19-12(13-9)14-21(16,17)11-5-4-8(2)20-11/h4-5,7H,3,6H2,1-2H3,(H,13,14). The second-order valence-corrected chi connectivity index (χ2v) is 8.15. The van der Waals surface area contributed by atoms with E-state index in [2.05, 4.69) is 9.71 Å². The van der Waals surface area contributed by atoms with Gasteiger partial charge in [0.05, 0.1) is 18.7 Å². The van der Waals surface area contributed by atoms with Crippen LogP contribution in [0.1, 0.15) is 17.5 Å². The van der Waals surface area contributed by atoms with Gasteiger partial charge >= 0.3 is 5.97 Å². The number of rotatable bonds is 6. The fourth-order valence-electron chi connectivity index (χ4n) is 1.52. The van der Waals surface area contributed by atoms with Crippen LogP contribution in [-0.4, -0.2) is 26.0 Å². The highest BCUT2D eigenvalue weighted by atomic mass is 32.2. The van der Waals surface area contributed by atoms with E-state index in [0.29, 0.717) is 12.3 Å². The van der Waals surface area contributed by atoms with Gasteiger partial charge in [0, 0.05) is 10.3 Å². The molecule has 21 heavy (non-hydrogen) atoms. The Morgan fingerprint density at radius 2 is 2.19 bits per heavy atom. The first-order chi connectivity index (χ1) is 9.90. The van der Waals surface area contributed by atoms with E-state index in [9.17, 15) is 13.2 Å². The van der Waals surface area contributed by atoms with Crippen molar-refractivity contribution in [2.75, 3.05) is 11.3 Å². The SMILES string of the molecule is CCOC(=O)Cc1csc(NS(=O)(=O)c2ccc(C)s2)n1. The second kappa shape index (κ2) is 6.54. The molecule has 0 saturated carbocycles. The number of nitrogens with zero attached hydrogens (tertiary/aromatic N) is 1. The van der Waals surface area contributed by atoms with Crippen LogP contribution >= 0.6 is 22.7 Å². The third-order valence-corrected chi connectivity index (χ3v) is 6.15. The molecule has 114 valence electrons. The molecule has 2 aromatic rings. The van der Waals surface area contributed by atoms with Crippen molar-refractivity contribution in [3.05, 3.63) is 28.1 Å². The zero-order valence-corrected chi connectivity index (χ0v) is 13.9. The Morgan fingerprint density at radius 1 is 1.43 bits per heavy atom. The van der Waals surface area contributed by atoms with Crippen molar-refractivity contribution >= 4 is 43.8 Å². The topological polar surface area (TPSA) is 85.4 Å². The summed E-state index contributed by atoms with van der Waals surface area (Å²) in [5.41, 5.74) is 0.485. The number of thiazole rings is 1. The summed E-state index contributed by atoms with van der Waals surface area (Å²) in [5.74, 6) is -0.383. The Balaban J connectivity index is 2.07. The second-order valence-electron chi connectivity index (χ2n) is 4.10. The number of carbonyl (C=O) groups is 1. The number of carbonyl (C=O) groups excluding carboxylic acids is 1. The van der Waals surface area contributed by atoms with E-state index in [-0.39, 0.29) is 21.7 Å². The molecule has 9 heteroatoms. The molecule has 6 nitrogen and oxygen atoms in total. The Kier molecular flexibility index (Phi) is 4.96. The number of hydrogen-bond donors (Lipinski definition) is 1. The molecule has 0 aliphatic heterocycles. The monoisotopic (exact) mass is 346 g/mol. The van der Waals surface area contributed by atoms with Gasteiger partial charge in [-0.25, -0.2) is 13.4 Å². The van der Waals surface area contributed by atoms with Crippen molar-refractivity contribution in [3.8, 4) is 0 Å². The number of anilines is 1. The molecule has 0 atom stereocenters. The van der Waals surface area contributed by atoms with E-state index >= 15 is 0 Å². The highest BCUT2D eigenvalue weighted by molar-refractivity contribution is 7.94. The van der Waals surface area contributed by atoms with Crippen molar-refractivity contribution in [1.82, 2.24) is 4.98 Å². The summed E-state index contributed by atoms with van der Waals surface area (Å²) in [4.78, 5) is 16.3. The molecule has 0 aromatic carbocycles. The lowest BCUT2D eigenvalue weighted by atomic mass is 10.3. The van der Waals surface area contributed by atoms with E-state index in [4.69, 9.17) is 4.74 Å². The molecule has 0 aliphatic carbocycles. The summed E-state index contributed by atoms with van der Waals surface area (Å²) in [6.45, 7) is 3.87. The van der Waals surface area contributed by atoms with Crippen LogP contribution in [0.25, 0.3) is 0 Å². The van der Waals surface area contributed by atoms with Gasteiger partial charge in [0.1, 0.15) is 4.21 Å². The van der Waals surface area contributed by atoms with Crippen molar-refractivity contribution in [1.29, 1.82) is 0 Å². The minimum absolute atomic E-state index is 0.0319. The van der Waals surface area contributed by atoms with Gasteiger partial charge in [0.2, 0.25) is 0 Å². The van der Waals surface area contributed by atoms with Crippen LogP contribution < -0.4 is 4.72 Å². The number of hydrogen-bond acceptors (Lipinski definition) is 7. The molecule has 0 amide bonds. The zero-order chi connectivity index (χ0) is 15.5. The molecule has 2 rings (SSSR count). The van der Waals surface area contributed by atoms with Crippen molar-refractivity contribution in [3.63, 3.8) is 0 Å². The molecule has 0 radical (unpaired) electrons. The van der Waals surface area contributed by atoms with Gasteiger partial charge in [0.15, 0.2) is 5.13 Å². The summed E-state index contributed by atoms with van der Waals surface area (Å²) in [6.07, 6.45) is 0.0319. The maximum atomic E-state index is 12.1. The van der Waals surface area contributed by atoms with E-state index in [1.54, 1.807) is 24.4 Å². The normalized spacial score (nSPS) is 11.3. The van der Waals surface area contributed by atoms with E-state index < -0.39 is 10.0 Å². The van der Waals surface area contributed by atoms with Gasteiger partial charge in [-0.1, -0.05) is 0 Å². The minimum atomic E-state index is -3.62. The average Bonchev–Trinajstić information content (AvgIpc) is 2.99. The summed E-state index contributed by atoms with van der Waals surface area (Å²) in [6, 6.07) is 3.29. The largest absolute Gasteiger partial charge is 0.466 e. The van der Waals surface area contributed by atoms with Crippen LogP contribution in [0.3, 0.4) is 0 Å². The number of nitrogens with one attached hydrogen (secondary N) is 1. The lowest BCUT2D eigenvalue weighted by Gasteiger charge is -2.02. The minimum Gasteiger partial charge on any atom is -0.466 e. The van der Waals surface area contributed by atoms with Crippen molar-refractivity contribution in [2.24, 2.45) is 0 Å². The van der Waals surface area contributed by atoms with Crippen molar-refractivity contribution < 1.29 is 17.9 Å². The Bertz CT molecular complexity index is 733. The molecule has 0 aliphatic rings. The molecular weight excluding hydrogens is 332 g/mol. The predicted molar refractivity (Wildman–Crippen MR) is 82.3 cm³/mol. The third kappa shape index (κ3) is 4.26. The summed E-state index contributed by atoms with van der Waals surface area (Å²) in [5, 5.41) is 1.87. The van der Waals surface area contributed by atoms with Gasteiger partial charge in [-0.15, -0.1) is 22.7 Å². The molecule has 0 spiro atoms. The van der Waals surface area contributed by atoms with Gasteiger partial charge in [0.25, 0.3) is 10.0 Å². The maximum Gasteiger partial charge on any atom is 0.311 e. The fraction of sp³-hybridized carbons (Fsp3) is 0.333. The molecule has 0 saturated heterocycles. The molecule has 2 aromatic heterocycles. The van der Waals surface area contributed by atoms with Crippen LogP contribution in [0, 0.1) is 6.92 Å². The number of esters is 1. The fourth-order valence-corrected chi connectivity index (χ4v) is 4.76. The Hall–Kier alpha value is -1.45. The van der Waals surface area contributed by atoms with E-state index in [0.717, 1.165) is 16.2 Å². The summed E-state index contributed by atoms with van der Waals surface area (Å²) < 4.78 is 31.7. The summed E-state index contributed by atoms with van der Waals surface area (Å²) >= 11 is 2.32. The van der Waals surface area contributed by atoms with Crippen LogP contribution in [-0.2, 0) is 26.0 Å². The van der Waals surface area contributed by atoms with Crippen LogP contribution in [0.2, 0.25) is 0 Å². The Labute approximate surface area is 130 Å². The lowest BCUT2D eigenvalue weighted by Crippen LogP contribution is -2.12. The predicted octanol–water partition coefficient (Wildman–Crippen LogP) is 2.42. The summed E-state index contributed by atoms with van der Waals surface area (Å²) in [7, 11) is -3.62. The number of ether oxygens (including phenoxy) is 1. The number of sulfonamides is 1. The van der Waals surface area contributed by atoms with E-state index in [1.807, 2.05) is 6.92 Å². The van der Waals surface area contributed by atoms with Crippen LogP contribution in [0.5, 0.6) is 0 Å². The smallest absolute Gasteiger partial charge is 0.311 e. The van der Waals surface area contributed by atoms with Crippen molar-refractivity contribution in [2.45, 2.75) is 24.5 Å². The van der Waals surface area contributed by atoms with Crippen LogP contribution in [0.15, 0.2) is 21.7 Å². The first-order valence-corrected chi connectivity index (χ1v) is 9.28. The van der Waals surface area contributed by atoms with Gasteiger partial charge in [-0.05, 0) is 26.0 Å².